The molecule has 7 heteroatoms. The fourth-order valence-electron chi connectivity index (χ4n) is 3.44. The molecule has 0 radical (unpaired) electrons. The number of fused-ring (bicyclic) bond motifs is 1. The number of hydrogen-bond acceptors (Lipinski definition) is 6. The molecule has 0 saturated carbocycles. The predicted octanol–water partition coefficient (Wildman–Crippen LogP) is 6.36. The molecule has 3 aromatic rings. The van der Waals surface area contributed by atoms with Crippen molar-refractivity contribution in [1.82, 2.24) is 15.0 Å². The minimum atomic E-state index is 0.701. The number of unbranched alkanes of at least 4 members (excludes halogenated alkanes) is 5. The van der Waals surface area contributed by atoms with Gasteiger partial charge in [-0.1, -0.05) is 44.2 Å². The van der Waals surface area contributed by atoms with Crippen molar-refractivity contribution in [2.75, 3.05) is 35.6 Å². The molecule has 0 bridgehead atoms. The predicted molar refractivity (Wildman–Crippen MR) is 132 cm³/mol. The van der Waals surface area contributed by atoms with Gasteiger partial charge in [-0.15, -0.1) is 0 Å². The van der Waals surface area contributed by atoms with Gasteiger partial charge < -0.3 is 16.0 Å². The second kappa shape index (κ2) is 13.0. The molecule has 166 valence electrons. The van der Waals surface area contributed by atoms with E-state index in [2.05, 4.69) is 37.8 Å². The highest BCUT2D eigenvalue weighted by atomic mass is 35.5. The van der Waals surface area contributed by atoms with Gasteiger partial charge in [-0.25, -0.2) is 4.98 Å². The zero-order valence-electron chi connectivity index (χ0n) is 18.3. The maximum Gasteiger partial charge on any atom is 0.224 e. The Labute approximate surface area is 190 Å². The number of benzene rings is 1. The van der Waals surface area contributed by atoms with Crippen LogP contribution in [0.1, 0.15) is 51.9 Å². The van der Waals surface area contributed by atoms with E-state index >= 15 is 0 Å². The maximum atomic E-state index is 6.06. The van der Waals surface area contributed by atoms with Crippen molar-refractivity contribution in [2.24, 2.45) is 0 Å². The molecular formula is C24H33ClN6. The van der Waals surface area contributed by atoms with Gasteiger partial charge in [0.15, 0.2) is 0 Å². The number of nitrogens with one attached hydrogen (secondary N) is 3. The summed E-state index contributed by atoms with van der Waals surface area (Å²) >= 11 is 6.06. The van der Waals surface area contributed by atoms with Gasteiger partial charge in [-0.2, -0.15) is 4.98 Å². The van der Waals surface area contributed by atoms with Gasteiger partial charge in [0.1, 0.15) is 5.82 Å². The van der Waals surface area contributed by atoms with Crippen molar-refractivity contribution in [2.45, 2.75) is 51.9 Å². The van der Waals surface area contributed by atoms with Gasteiger partial charge in [0.25, 0.3) is 0 Å². The lowest BCUT2D eigenvalue weighted by Gasteiger charge is -2.10. The van der Waals surface area contributed by atoms with Crippen molar-refractivity contribution in [1.29, 1.82) is 0 Å². The lowest BCUT2D eigenvalue weighted by Crippen LogP contribution is -2.10. The molecule has 1 aromatic carbocycles. The van der Waals surface area contributed by atoms with Crippen molar-refractivity contribution in [3.8, 4) is 0 Å². The van der Waals surface area contributed by atoms with Gasteiger partial charge in [0.2, 0.25) is 5.95 Å². The van der Waals surface area contributed by atoms with Crippen molar-refractivity contribution >= 4 is 40.0 Å². The standard InChI is InChI=1S/C24H33ClN6/c1-2-3-4-5-6-15-29-24-30-17-12-23(31-24)28-14-8-7-13-26-21-11-16-27-22-18-19(25)9-10-20(21)22/h9-12,16-18H,2-8,13-15H2,1H3,(H,26,27)(H2,28,29,30,31). The van der Waals surface area contributed by atoms with Crippen molar-refractivity contribution in [3.05, 3.63) is 47.7 Å². The van der Waals surface area contributed by atoms with Crippen LogP contribution in [0.4, 0.5) is 17.5 Å². The van der Waals surface area contributed by atoms with E-state index in [1.54, 1.807) is 6.20 Å². The second-order valence-electron chi connectivity index (χ2n) is 7.69. The summed E-state index contributed by atoms with van der Waals surface area (Å²) in [7, 11) is 0. The fourth-order valence-corrected chi connectivity index (χ4v) is 3.60. The number of anilines is 3. The van der Waals surface area contributed by atoms with E-state index < -0.39 is 0 Å². The maximum absolute atomic E-state index is 6.06. The molecular weight excluding hydrogens is 408 g/mol. The molecule has 0 amide bonds. The normalized spacial score (nSPS) is 10.9. The molecule has 3 N–H and O–H groups in total. The molecule has 3 rings (SSSR count). The monoisotopic (exact) mass is 440 g/mol. The Balaban J connectivity index is 1.33. The Bertz CT molecular complexity index is 933. The Hall–Kier alpha value is -2.60. The van der Waals surface area contributed by atoms with Gasteiger partial charge in [-0.05, 0) is 49.6 Å². The van der Waals surface area contributed by atoms with Crippen LogP contribution in [0.25, 0.3) is 10.9 Å². The Morgan fingerprint density at radius 3 is 2.39 bits per heavy atom. The number of nitrogens with zero attached hydrogens (tertiary/aromatic N) is 3. The average molecular weight is 441 g/mol. The first-order valence-corrected chi connectivity index (χ1v) is 11.7. The summed E-state index contributed by atoms with van der Waals surface area (Å²) in [6.07, 6.45) is 12.0. The van der Waals surface area contributed by atoms with E-state index in [1.165, 1.54) is 25.7 Å². The molecule has 0 aliphatic carbocycles. The molecule has 0 saturated heterocycles. The summed E-state index contributed by atoms with van der Waals surface area (Å²) in [6, 6.07) is 9.73. The average Bonchev–Trinajstić information content (AvgIpc) is 2.78. The van der Waals surface area contributed by atoms with Crippen LogP contribution in [0.2, 0.25) is 5.02 Å². The van der Waals surface area contributed by atoms with Gasteiger partial charge in [0.05, 0.1) is 5.52 Å². The molecule has 0 aliphatic heterocycles. The first-order valence-electron chi connectivity index (χ1n) is 11.3. The Morgan fingerprint density at radius 1 is 0.774 bits per heavy atom. The molecule has 0 atom stereocenters. The number of rotatable bonds is 14. The van der Waals surface area contributed by atoms with E-state index in [1.807, 2.05) is 36.5 Å². The van der Waals surface area contributed by atoms with Crippen LogP contribution in [0.3, 0.4) is 0 Å². The van der Waals surface area contributed by atoms with E-state index in [9.17, 15) is 0 Å². The molecule has 0 spiro atoms. The van der Waals surface area contributed by atoms with E-state index in [4.69, 9.17) is 11.6 Å². The highest BCUT2D eigenvalue weighted by molar-refractivity contribution is 6.31. The summed E-state index contributed by atoms with van der Waals surface area (Å²) in [5.41, 5.74) is 2.00. The third-order valence-electron chi connectivity index (χ3n) is 5.15. The molecule has 31 heavy (non-hydrogen) atoms. The second-order valence-corrected chi connectivity index (χ2v) is 8.12. The SMILES string of the molecule is CCCCCCCNc1nccc(NCCCCNc2ccnc3cc(Cl)ccc23)n1. The Kier molecular flexibility index (Phi) is 9.64. The zero-order valence-corrected chi connectivity index (χ0v) is 19.1. The minimum Gasteiger partial charge on any atom is -0.384 e. The highest BCUT2D eigenvalue weighted by Gasteiger charge is 2.03. The third-order valence-corrected chi connectivity index (χ3v) is 5.38. The fraction of sp³-hybridized carbons (Fsp3) is 0.458. The summed E-state index contributed by atoms with van der Waals surface area (Å²) < 4.78 is 0. The quantitative estimate of drug-likeness (QED) is 0.253. The summed E-state index contributed by atoms with van der Waals surface area (Å²) in [5.74, 6) is 1.57. The van der Waals surface area contributed by atoms with E-state index in [0.717, 1.165) is 61.3 Å². The van der Waals surface area contributed by atoms with Gasteiger partial charge in [-0.3, -0.25) is 4.98 Å². The Morgan fingerprint density at radius 2 is 1.52 bits per heavy atom. The van der Waals surface area contributed by atoms with Crippen molar-refractivity contribution < 1.29 is 0 Å². The zero-order chi connectivity index (χ0) is 21.7. The van der Waals surface area contributed by atoms with Crippen LogP contribution >= 0.6 is 11.6 Å². The van der Waals surface area contributed by atoms with Crippen LogP contribution in [0, 0.1) is 0 Å². The lowest BCUT2D eigenvalue weighted by molar-refractivity contribution is 0.644. The number of halogens is 1. The van der Waals surface area contributed by atoms with Crippen LogP contribution in [0.15, 0.2) is 42.7 Å². The summed E-state index contributed by atoms with van der Waals surface area (Å²) in [6.45, 7) is 4.94. The number of aromatic nitrogens is 3. The summed E-state index contributed by atoms with van der Waals surface area (Å²) in [5, 5.41) is 12.0. The first kappa shape index (κ1) is 23.1. The largest absolute Gasteiger partial charge is 0.384 e. The molecule has 2 aromatic heterocycles. The van der Waals surface area contributed by atoms with Crippen LogP contribution < -0.4 is 16.0 Å². The van der Waals surface area contributed by atoms with Crippen LogP contribution in [0.5, 0.6) is 0 Å². The van der Waals surface area contributed by atoms with Crippen LogP contribution in [-0.4, -0.2) is 34.6 Å². The van der Waals surface area contributed by atoms with E-state index in [-0.39, 0.29) is 0 Å². The molecule has 0 unspecified atom stereocenters. The molecule has 0 aliphatic rings. The van der Waals surface area contributed by atoms with Gasteiger partial charge >= 0.3 is 0 Å². The van der Waals surface area contributed by atoms with E-state index in [0.29, 0.717) is 11.0 Å². The molecule has 2 heterocycles. The first-order chi connectivity index (χ1) is 15.3. The number of pyridine rings is 1. The topological polar surface area (TPSA) is 74.8 Å². The lowest BCUT2D eigenvalue weighted by atomic mass is 10.1. The smallest absolute Gasteiger partial charge is 0.224 e. The minimum absolute atomic E-state index is 0.701. The number of hydrogen-bond donors (Lipinski definition) is 3. The third kappa shape index (κ3) is 7.87. The van der Waals surface area contributed by atoms with Crippen molar-refractivity contribution in [3.63, 3.8) is 0 Å². The summed E-state index contributed by atoms with van der Waals surface area (Å²) in [4.78, 5) is 13.2. The van der Waals surface area contributed by atoms with Gasteiger partial charge in [0, 0.05) is 48.1 Å². The molecule has 0 fully saturated rings. The van der Waals surface area contributed by atoms with Crippen LogP contribution in [-0.2, 0) is 0 Å². The highest BCUT2D eigenvalue weighted by Crippen LogP contribution is 2.24. The molecule has 6 nitrogen and oxygen atoms in total.